The Morgan fingerprint density at radius 1 is 0.696 bits per heavy atom. The molecule has 0 aliphatic carbocycles. The highest BCUT2D eigenvalue weighted by Gasteiger charge is 2.22. The third-order valence-corrected chi connectivity index (χ3v) is 3.64. The molecule has 23 heavy (non-hydrogen) atoms. The van der Waals surface area contributed by atoms with E-state index in [1.165, 1.54) is 6.07 Å². The van der Waals surface area contributed by atoms with Crippen LogP contribution in [-0.4, -0.2) is 16.9 Å². The van der Waals surface area contributed by atoms with E-state index in [2.05, 4.69) is 0 Å². The lowest BCUT2D eigenvalue weighted by atomic mass is 9.90. The second-order valence-corrected chi connectivity index (χ2v) is 5.09. The third-order valence-electron chi connectivity index (χ3n) is 3.64. The molecule has 0 atom stereocenters. The zero-order valence-corrected chi connectivity index (χ0v) is 12.3. The number of carboxylic acid groups (broad SMARTS) is 1. The summed E-state index contributed by atoms with van der Waals surface area (Å²) >= 11 is 0. The number of carbonyl (C=O) groups is 2. The van der Waals surface area contributed by atoms with Gasteiger partial charge in [-0.3, -0.25) is 4.79 Å². The van der Waals surface area contributed by atoms with Crippen molar-refractivity contribution in [2.24, 2.45) is 0 Å². The summed E-state index contributed by atoms with van der Waals surface area (Å²) in [6.07, 6.45) is 0. The molecular weight excluding hydrogens is 288 g/mol. The van der Waals surface area contributed by atoms with Gasteiger partial charge >= 0.3 is 5.97 Å². The maximum absolute atomic E-state index is 12.9. The average molecular weight is 302 g/mol. The average Bonchev–Trinajstić information content (AvgIpc) is 2.62. The monoisotopic (exact) mass is 302 g/mol. The summed E-state index contributed by atoms with van der Waals surface area (Å²) in [5.74, 6) is -1.40. The lowest BCUT2D eigenvalue weighted by molar-refractivity contribution is 0.0693. The molecule has 0 bridgehead atoms. The highest BCUT2D eigenvalue weighted by Crippen LogP contribution is 2.28. The lowest BCUT2D eigenvalue weighted by Gasteiger charge is -2.12. The van der Waals surface area contributed by atoms with Crippen LogP contribution in [0.2, 0.25) is 0 Å². The van der Waals surface area contributed by atoms with Crippen LogP contribution in [0.25, 0.3) is 11.1 Å². The Kier molecular flexibility index (Phi) is 4.02. The van der Waals surface area contributed by atoms with Crippen LogP contribution in [0.15, 0.2) is 78.9 Å². The van der Waals surface area contributed by atoms with Crippen molar-refractivity contribution in [1.29, 1.82) is 0 Å². The molecule has 0 aliphatic rings. The van der Waals surface area contributed by atoms with Crippen molar-refractivity contribution in [3.8, 4) is 11.1 Å². The molecule has 3 heteroatoms. The molecular formula is C20H14O3. The number of aromatic carboxylic acids is 1. The topological polar surface area (TPSA) is 54.4 Å². The maximum atomic E-state index is 12.9. The minimum atomic E-state index is -1.11. The predicted molar refractivity (Wildman–Crippen MR) is 88.7 cm³/mol. The van der Waals surface area contributed by atoms with Gasteiger partial charge < -0.3 is 5.11 Å². The standard InChI is InChI=1S/C20H14O3/c21-19(15-10-5-2-6-11-15)18-16(14-8-3-1-4-9-14)12-7-13-17(18)20(22)23/h1-13H,(H,22,23). The fourth-order valence-corrected chi connectivity index (χ4v) is 2.57. The van der Waals surface area contributed by atoms with Gasteiger partial charge in [-0.1, -0.05) is 72.8 Å². The van der Waals surface area contributed by atoms with Crippen LogP contribution in [0.1, 0.15) is 26.3 Å². The first-order valence-corrected chi connectivity index (χ1v) is 7.20. The minimum absolute atomic E-state index is 0.0141. The fourth-order valence-electron chi connectivity index (χ4n) is 2.57. The number of rotatable bonds is 4. The summed E-state index contributed by atoms with van der Waals surface area (Å²) in [6, 6.07) is 22.9. The van der Waals surface area contributed by atoms with E-state index in [9.17, 15) is 14.7 Å². The van der Waals surface area contributed by atoms with Crippen LogP contribution >= 0.6 is 0 Å². The second-order valence-electron chi connectivity index (χ2n) is 5.09. The molecule has 112 valence electrons. The van der Waals surface area contributed by atoms with E-state index < -0.39 is 5.97 Å². The molecule has 0 heterocycles. The van der Waals surface area contributed by atoms with E-state index in [0.29, 0.717) is 11.1 Å². The number of hydrogen-bond donors (Lipinski definition) is 1. The molecule has 0 radical (unpaired) electrons. The van der Waals surface area contributed by atoms with Crippen LogP contribution in [0.4, 0.5) is 0 Å². The van der Waals surface area contributed by atoms with E-state index in [0.717, 1.165) is 5.56 Å². The van der Waals surface area contributed by atoms with Crippen molar-refractivity contribution in [3.05, 3.63) is 95.6 Å². The van der Waals surface area contributed by atoms with Gasteiger partial charge in [0.1, 0.15) is 0 Å². The van der Waals surface area contributed by atoms with Crippen molar-refractivity contribution in [2.45, 2.75) is 0 Å². The number of carboxylic acids is 1. The summed E-state index contributed by atoms with van der Waals surface area (Å²) < 4.78 is 0. The van der Waals surface area contributed by atoms with Gasteiger partial charge in [-0.15, -0.1) is 0 Å². The molecule has 0 saturated carbocycles. The van der Waals surface area contributed by atoms with Gasteiger partial charge in [0.05, 0.1) is 5.56 Å². The smallest absolute Gasteiger partial charge is 0.336 e. The van der Waals surface area contributed by atoms with Crippen LogP contribution in [0, 0.1) is 0 Å². The van der Waals surface area contributed by atoms with Gasteiger partial charge in [-0.25, -0.2) is 4.79 Å². The number of benzene rings is 3. The minimum Gasteiger partial charge on any atom is -0.478 e. The van der Waals surface area contributed by atoms with Crippen molar-refractivity contribution in [1.82, 2.24) is 0 Å². The molecule has 3 aromatic rings. The maximum Gasteiger partial charge on any atom is 0.336 e. The largest absolute Gasteiger partial charge is 0.478 e. The van der Waals surface area contributed by atoms with Crippen molar-refractivity contribution >= 4 is 11.8 Å². The van der Waals surface area contributed by atoms with Gasteiger partial charge in [0.15, 0.2) is 5.78 Å². The summed E-state index contributed by atoms with van der Waals surface area (Å²) in [5, 5.41) is 9.48. The van der Waals surface area contributed by atoms with E-state index >= 15 is 0 Å². The molecule has 0 unspecified atom stereocenters. The fraction of sp³-hybridized carbons (Fsp3) is 0. The van der Waals surface area contributed by atoms with E-state index in [-0.39, 0.29) is 16.9 Å². The van der Waals surface area contributed by atoms with Gasteiger partial charge in [-0.2, -0.15) is 0 Å². The Morgan fingerprint density at radius 3 is 1.91 bits per heavy atom. The Labute approximate surface area is 133 Å². The summed E-state index contributed by atoms with van der Waals surface area (Å²) in [5.41, 5.74) is 2.14. The van der Waals surface area contributed by atoms with Crippen molar-refractivity contribution < 1.29 is 14.7 Å². The Balaban J connectivity index is 2.25. The predicted octanol–water partition coefficient (Wildman–Crippen LogP) is 4.28. The zero-order chi connectivity index (χ0) is 16.2. The SMILES string of the molecule is O=C(O)c1cccc(-c2ccccc2)c1C(=O)c1ccccc1. The van der Waals surface area contributed by atoms with Crippen molar-refractivity contribution in [2.75, 3.05) is 0 Å². The Morgan fingerprint density at radius 2 is 1.30 bits per heavy atom. The summed E-state index contributed by atoms with van der Waals surface area (Å²) in [4.78, 5) is 24.5. The molecule has 0 aliphatic heterocycles. The summed E-state index contributed by atoms with van der Waals surface area (Å²) in [7, 11) is 0. The van der Waals surface area contributed by atoms with E-state index in [1.54, 1.807) is 36.4 Å². The lowest BCUT2D eigenvalue weighted by Crippen LogP contribution is -2.11. The van der Waals surface area contributed by atoms with E-state index in [1.807, 2.05) is 36.4 Å². The third kappa shape index (κ3) is 2.90. The quantitative estimate of drug-likeness (QED) is 0.732. The van der Waals surface area contributed by atoms with Gasteiger partial charge in [0, 0.05) is 11.1 Å². The Bertz CT molecular complexity index is 853. The zero-order valence-electron chi connectivity index (χ0n) is 12.3. The normalized spacial score (nSPS) is 10.3. The second kappa shape index (κ2) is 6.28. The molecule has 0 aromatic heterocycles. The Hall–Kier alpha value is -3.20. The molecule has 0 saturated heterocycles. The molecule has 0 spiro atoms. The molecule has 3 nitrogen and oxygen atoms in total. The number of carbonyl (C=O) groups excluding carboxylic acids is 1. The number of ketones is 1. The molecule has 1 N–H and O–H groups in total. The highest BCUT2D eigenvalue weighted by molar-refractivity contribution is 6.17. The van der Waals surface area contributed by atoms with Crippen LogP contribution in [0.3, 0.4) is 0 Å². The van der Waals surface area contributed by atoms with E-state index in [4.69, 9.17) is 0 Å². The highest BCUT2D eigenvalue weighted by atomic mass is 16.4. The van der Waals surface area contributed by atoms with Crippen LogP contribution in [-0.2, 0) is 0 Å². The van der Waals surface area contributed by atoms with Gasteiger partial charge in [0.25, 0.3) is 0 Å². The molecule has 0 fully saturated rings. The molecule has 0 amide bonds. The summed E-state index contributed by atoms with van der Waals surface area (Å²) in [6.45, 7) is 0. The van der Waals surface area contributed by atoms with Crippen LogP contribution in [0.5, 0.6) is 0 Å². The first-order chi connectivity index (χ1) is 11.2. The van der Waals surface area contributed by atoms with Crippen LogP contribution < -0.4 is 0 Å². The number of hydrogen-bond acceptors (Lipinski definition) is 2. The molecule has 3 aromatic carbocycles. The van der Waals surface area contributed by atoms with Gasteiger partial charge in [0.2, 0.25) is 0 Å². The molecule has 3 rings (SSSR count). The first-order valence-electron chi connectivity index (χ1n) is 7.20. The van der Waals surface area contributed by atoms with Gasteiger partial charge in [-0.05, 0) is 17.2 Å². The van der Waals surface area contributed by atoms with Crippen molar-refractivity contribution in [3.63, 3.8) is 0 Å². The first kappa shape index (κ1) is 14.7.